The van der Waals surface area contributed by atoms with Crippen molar-refractivity contribution in [3.8, 4) is 23.1 Å². The summed E-state index contributed by atoms with van der Waals surface area (Å²) in [5.74, 6) is 0.0863. The fraction of sp³-hybridized carbons (Fsp3) is 0.0909. The van der Waals surface area contributed by atoms with Crippen molar-refractivity contribution in [3.05, 3.63) is 82.5 Å². The zero-order chi connectivity index (χ0) is 22.9. The number of methoxy groups -OCH3 is 1. The summed E-state index contributed by atoms with van der Waals surface area (Å²) >= 11 is 0. The molecule has 4 rings (SSSR count). The number of anilines is 1. The number of nitrogens with zero attached hydrogens (tertiary/aromatic N) is 4. The molecule has 0 radical (unpaired) electrons. The van der Waals surface area contributed by atoms with Crippen LogP contribution in [0.15, 0.2) is 70.7 Å². The molecule has 0 aliphatic rings. The van der Waals surface area contributed by atoms with Crippen LogP contribution in [0.3, 0.4) is 0 Å². The number of ether oxygens (including phenoxy) is 1. The zero-order valence-electron chi connectivity index (χ0n) is 17.1. The second-order valence-electron chi connectivity index (χ2n) is 6.90. The fourth-order valence-electron chi connectivity index (χ4n) is 3.22. The Kier molecular flexibility index (Phi) is 5.34. The maximum Gasteiger partial charge on any atom is 0.262 e. The minimum atomic E-state index is -3.97. The Bertz CT molecular complexity index is 1540. The molecular formula is C22H17N5O4S. The molecular weight excluding hydrogens is 430 g/mol. The highest BCUT2D eigenvalue weighted by molar-refractivity contribution is 7.92. The standard InChI is InChI=1S/C22H17N5O4S/c1-14-9-20-24-8-7-21(28)27(20)13-18(14)16-10-19(22(31-2)25-12-16)26-32(29,30)17-5-3-15(11-23)4-6-17/h3-10,12-13,26H,1-2H3. The first-order valence-electron chi connectivity index (χ1n) is 9.38. The lowest BCUT2D eigenvalue weighted by molar-refractivity contribution is 0.400. The van der Waals surface area contributed by atoms with E-state index in [1.807, 2.05) is 13.0 Å². The van der Waals surface area contributed by atoms with Crippen LogP contribution in [0.5, 0.6) is 5.88 Å². The average molecular weight is 447 g/mol. The molecule has 9 nitrogen and oxygen atoms in total. The van der Waals surface area contributed by atoms with Crippen LogP contribution in [0.4, 0.5) is 5.69 Å². The van der Waals surface area contributed by atoms with E-state index in [1.165, 1.54) is 54.2 Å². The molecule has 0 spiro atoms. The molecule has 0 saturated heterocycles. The minimum Gasteiger partial charge on any atom is -0.480 e. The van der Waals surface area contributed by atoms with Gasteiger partial charge in [-0.15, -0.1) is 0 Å². The molecule has 10 heteroatoms. The van der Waals surface area contributed by atoms with E-state index < -0.39 is 10.0 Å². The van der Waals surface area contributed by atoms with Gasteiger partial charge in [-0.25, -0.2) is 18.4 Å². The van der Waals surface area contributed by atoms with Crippen LogP contribution in [-0.4, -0.2) is 29.9 Å². The van der Waals surface area contributed by atoms with Crippen LogP contribution >= 0.6 is 0 Å². The summed E-state index contributed by atoms with van der Waals surface area (Å²) in [4.78, 5) is 20.6. The van der Waals surface area contributed by atoms with E-state index >= 15 is 0 Å². The number of sulfonamides is 1. The summed E-state index contributed by atoms with van der Waals surface area (Å²) in [6.07, 6.45) is 4.62. The van der Waals surface area contributed by atoms with E-state index in [2.05, 4.69) is 14.7 Å². The second-order valence-corrected chi connectivity index (χ2v) is 8.59. The Morgan fingerprint density at radius 2 is 1.88 bits per heavy atom. The largest absolute Gasteiger partial charge is 0.480 e. The van der Waals surface area contributed by atoms with Crippen molar-refractivity contribution in [2.75, 3.05) is 11.8 Å². The SMILES string of the molecule is COc1ncc(-c2cn3c(=O)ccnc3cc2C)cc1NS(=O)(=O)c1ccc(C#N)cc1. The van der Waals surface area contributed by atoms with E-state index in [1.54, 1.807) is 18.3 Å². The lowest BCUT2D eigenvalue weighted by Gasteiger charge is -2.14. The van der Waals surface area contributed by atoms with Crippen molar-refractivity contribution in [1.82, 2.24) is 14.4 Å². The molecule has 0 unspecified atom stereocenters. The highest BCUT2D eigenvalue weighted by Gasteiger charge is 2.19. The van der Waals surface area contributed by atoms with E-state index in [-0.39, 0.29) is 22.0 Å². The molecule has 3 heterocycles. The summed E-state index contributed by atoms with van der Waals surface area (Å²) in [5, 5.41) is 8.91. The molecule has 1 N–H and O–H groups in total. The van der Waals surface area contributed by atoms with Crippen molar-refractivity contribution in [3.63, 3.8) is 0 Å². The summed E-state index contributed by atoms with van der Waals surface area (Å²) in [6.45, 7) is 1.86. The van der Waals surface area contributed by atoms with Crippen LogP contribution < -0.4 is 15.0 Å². The number of hydrogen-bond donors (Lipinski definition) is 1. The van der Waals surface area contributed by atoms with Gasteiger partial charge in [-0.1, -0.05) is 0 Å². The molecule has 4 aromatic rings. The Morgan fingerprint density at radius 1 is 1.12 bits per heavy atom. The Hall–Kier alpha value is -4.23. The number of aryl methyl sites for hydroxylation is 1. The first-order valence-corrected chi connectivity index (χ1v) is 10.9. The lowest BCUT2D eigenvalue weighted by atomic mass is 10.0. The number of hydrogen-bond acceptors (Lipinski definition) is 7. The predicted molar refractivity (Wildman–Crippen MR) is 118 cm³/mol. The minimum absolute atomic E-state index is 0.0107. The smallest absolute Gasteiger partial charge is 0.262 e. The van der Waals surface area contributed by atoms with Crippen LogP contribution in [0.25, 0.3) is 16.8 Å². The van der Waals surface area contributed by atoms with Crippen molar-refractivity contribution in [1.29, 1.82) is 5.26 Å². The molecule has 32 heavy (non-hydrogen) atoms. The predicted octanol–water partition coefficient (Wildman–Crippen LogP) is 2.75. The van der Waals surface area contributed by atoms with E-state index in [9.17, 15) is 13.2 Å². The average Bonchev–Trinajstić information content (AvgIpc) is 2.78. The van der Waals surface area contributed by atoms with Crippen LogP contribution in [0.1, 0.15) is 11.1 Å². The van der Waals surface area contributed by atoms with Gasteiger partial charge in [-0.3, -0.25) is 13.9 Å². The van der Waals surface area contributed by atoms with Gasteiger partial charge in [0.05, 0.1) is 23.6 Å². The first-order chi connectivity index (χ1) is 15.3. The van der Waals surface area contributed by atoms with Gasteiger partial charge < -0.3 is 4.74 Å². The zero-order valence-corrected chi connectivity index (χ0v) is 17.9. The maximum absolute atomic E-state index is 12.9. The number of aromatic nitrogens is 3. The van der Waals surface area contributed by atoms with E-state index in [4.69, 9.17) is 10.00 Å². The molecule has 0 saturated carbocycles. The number of pyridine rings is 2. The highest BCUT2D eigenvalue weighted by atomic mass is 32.2. The van der Waals surface area contributed by atoms with Crippen molar-refractivity contribution in [2.24, 2.45) is 0 Å². The van der Waals surface area contributed by atoms with Gasteiger partial charge >= 0.3 is 0 Å². The molecule has 0 fully saturated rings. The fourth-order valence-corrected chi connectivity index (χ4v) is 4.27. The van der Waals surface area contributed by atoms with Gasteiger partial charge in [0.1, 0.15) is 11.3 Å². The highest BCUT2D eigenvalue weighted by Crippen LogP contribution is 2.31. The second kappa shape index (κ2) is 8.13. The van der Waals surface area contributed by atoms with Gasteiger partial charge in [-0.2, -0.15) is 5.26 Å². The third kappa shape index (κ3) is 3.89. The molecule has 1 aromatic carbocycles. The van der Waals surface area contributed by atoms with Crippen LogP contribution in [0, 0.1) is 18.3 Å². The Morgan fingerprint density at radius 3 is 2.56 bits per heavy atom. The maximum atomic E-state index is 12.9. The topological polar surface area (TPSA) is 126 Å². The quantitative estimate of drug-likeness (QED) is 0.498. The van der Waals surface area contributed by atoms with Crippen molar-refractivity contribution >= 4 is 21.4 Å². The molecule has 3 aromatic heterocycles. The molecule has 0 atom stereocenters. The first kappa shape index (κ1) is 21.0. The van der Waals surface area contributed by atoms with Crippen LogP contribution in [-0.2, 0) is 10.0 Å². The number of fused-ring (bicyclic) bond motifs is 1. The lowest BCUT2D eigenvalue weighted by Crippen LogP contribution is -2.14. The third-order valence-corrected chi connectivity index (χ3v) is 6.21. The normalized spacial score (nSPS) is 11.2. The van der Waals surface area contributed by atoms with Gasteiger partial charge in [-0.05, 0) is 48.9 Å². The third-order valence-electron chi connectivity index (χ3n) is 4.83. The number of nitriles is 1. The van der Waals surface area contributed by atoms with Crippen LogP contribution in [0.2, 0.25) is 0 Å². The molecule has 0 bridgehead atoms. The van der Waals surface area contributed by atoms with E-state index in [0.717, 1.165) is 5.56 Å². The van der Waals surface area contributed by atoms with Gasteiger partial charge in [0.25, 0.3) is 15.6 Å². The van der Waals surface area contributed by atoms with Crippen molar-refractivity contribution in [2.45, 2.75) is 11.8 Å². The van der Waals surface area contributed by atoms with Crippen molar-refractivity contribution < 1.29 is 13.2 Å². The molecule has 0 aliphatic carbocycles. The summed E-state index contributed by atoms with van der Waals surface area (Å²) in [6, 6.07) is 12.2. The van der Waals surface area contributed by atoms with Gasteiger partial charge in [0, 0.05) is 35.8 Å². The number of benzene rings is 1. The Labute approximate surface area is 183 Å². The Balaban J connectivity index is 1.79. The summed E-state index contributed by atoms with van der Waals surface area (Å²) in [7, 11) is -2.58. The molecule has 160 valence electrons. The van der Waals surface area contributed by atoms with Gasteiger partial charge in [0.2, 0.25) is 5.88 Å². The molecule has 0 aliphatic heterocycles. The summed E-state index contributed by atoms with van der Waals surface area (Å²) in [5.41, 5.74) is 2.84. The molecule has 0 amide bonds. The monoisotopic (exact) mass is 447 g/mol. The number of rotatable bonds is 5. The van der Waals surface area contributed by atoms with E-state index in [0.29, 0.717) is 22.3 Å². The number of nitrogens with one attached hydrogen (secondary N) is 1. The van der Waals surface area contributed by atoms with Gasteiger partial charge in [0.15, 0.2) is 0 Å². The summed E-state index contributed by atoms with van der Waals surface area (Å²) < 4.78 is 34.9.